The normalized spacial score (nSPS) is 12.4. The van der Waals surface area contributed by atoms with E-state index in [4.69, 9.17) is 4.74 Å². The van der Waals surface area contributed by atoms with Gasteiger partial charge in [-0.05, 0) is 20.8 Å². The second-order valence-electron chi connectivity index (χ2n) is 5.40. The highest BCUT2D eigenvalue weighted by Gasteiger charge is 2.28. The highest BCUT2D eigenvalue weighted by atomic mass is 16.5. The minimum absolute atomic E-state index is 0.0810. The third-order valence-corrected chi connectivity index (χ3v) is 2.54. The van der Waals surface area contributed by atoms with E-state index in [9.17, 15) is 9.59 Å². The number of carbonyl (C=O) groups is 2. The number of hydrogen-bond acceptors (Lipinski definition) is 3. The van der Waals surface area contributed by atoms with Crippen LogP contribution in [0.2, 0.25) is 0 Å². The Kier molecular flexibility index (Phi) is 5.13. The summed E-state index contributed by atoms with van der Waals surface area (Å²) in [7, 11) is 0. The van der Waals surface area contributed by atoms with Crippen molar-refractivity contribution < 1.29 is 14.3 Å². The summed E-state index contributed by atoms with van der Waals surface area (Å²) in [5.41, 5.74) is -0.939. The number of ketones is 1. The van der Waals surface area contributed by atoms with Gasteiger partial charge in [0.05, 0.1) is 12.2 Å². The van der Waals surface area contributed by atoms with Gasteiger partial charge in [-0.25, -0.2) is 0 Å². The third kappa shape index (κ3) is 5.85. The summed E-state index contributed by atoms with van der Waals surface area (Å²) >= 11 is 0. The number of amides is 1. The Bertz CT molecular complexity index is 269. The summed E-state index contributed by atoms with van der Waals surface area (Å²) in [4.78, 5) is 22.1. The molecule has 0 saturated carbocycles. The lowest BCUT2D eigenvalue weighted by molar-refractivity contribution is -0.133. The minimum Gasteiger partial charge on any atom is -0.373 e. The van der Waals surface area contributed by atoms with E-state index >= 15 is 0 Å². The fourth-order valence-electron chi connectivity index (χ4n) is 0.866. The quantitative estimate of drug-likeness (QED) is 0.751. The summed E-state index contributed by atoms with van der Waals surface area (Å²) in [6.45, 7) is 11.3. The predicted octanol–water partition coefficient (Wildman–Crippen LogP) is 1.53. The molecule has 4 nitrogen and oxygen atoms in total. The SMILES string of the molecule is CC(=O)NCC(C)(C)OCC(C)(C)C(C)=O. The number of nitrogens with one attached hydrogen (secondary N) is 1. The second-order valence-corrected chi connectivity index (χ2v) is 5.40. The van der Waals surface area contributed by atoms with E-state index in [-0.39, 0.29) is 11.7 Å². The molecule has 0 saturated heterocycles. The zero-order valence-corrected chi connectivity index (χ0v) is 11.1. The van der Waals surface area contributed by atoms with Crippen LogP contribution in [-0.4, -0.2) is 30.4 Å². The molecule has 0 spiro atoms. The first-order valence-corrected chi connectivity index (χ1v) is 5.46. The van der Waals surface area contributed by atoms with Crippen LogP contribution in [0.25, 0.3) is 0 Å². The monoisotopic (exact) mass is 229 g/mol. The average molecular weight is 229 g/mol. The van der Waals surface area contributed by atoms with Gasteiger partial charge in [0.15, 0.2) is 0 Å². The lowest BCUT2D eigenvalue weighted by Gasteiger charge is -2.30. The Balaban J connectivity index is 4.17. The van der Waals surface area contributed by atoms with Gasteiger partial charge in [0.25, 0.3) is 0 Å². The molecule has 0 aliphatic heterocycles. The Morgan fingerprint density at radius 1 is 1.12 bits per heavy atom. The molecular formula is C12H23NO3. The minimum atomic E-state index is -0.479. The van der Waals surface area contributed by atoms with Gasteiger partial charge < -0.3 is 10.1 Å². The van der Waals surface area contributed by atoms with Gasteiger partial charge in [0, 0.05) is 18.9 Å². The summed E-state index contributed by atoms with van der Waals surface area (Å²) in [5, 5.41) is 2.70. The molecule has 0 radical (unpaired) electrons. The van der Waals surface area contributed by atoms with Crippen LogP contribution < -0.4 is 5.32 Å². The van der Waals surface area contributed by atoms with Crippen molar-refractivity contribution in [2.45, 2.75) is 47.1 Å². The van der Waals surface area contributed by atoms with E-state index in [0.29, 0.717) is 13.2 Å². The Hall–Kier alpha value is -0.900. The van der Waals surface area contributed by atoms with E-state index in [2.05, 4.69) is 5.32 Å². The van der Waals surface area contributed by atoms with Crippen molar-refractivity contribution in [1.29, 1.82) is 0 Å². The maximum absolute atomic E-state index is 11.3. The number of ether oxygens (including phenoxy) is 1. The molecular weight excluding hydrogens is 206 g/mol. The molecule has 0 aliphatic carbocycles. The molecule has 0 unspecified atom stereocenters. The Labute approximate surface area is 97.7 Å². The zero-order valence-electron chi connectivity index (χ0n) is 11.1. The Morgan fingerprint density at radius 2 is 1.62 bits per heavy atom. The van der Waals surface area contributed by atoms with Crippen molar-refractivity contribution in [2.75, 3.05) is 13.2 Å². The maximum atomic E-state index is 11.3. The fraction of sp³-hybridized carbons (Fsp3) is 0.833. The van der Waals surface area contributed by atoms with Crippen LogP contribution in [0.15, 0.2) is 0 Å². The molecule has 0 rings (SSSR count). The molecule has 0 aromatic rings. The third-order valence-electron chi connectivity index (χ3n) is 2.54. The van der Waals surface area contributed by atoms with Crippen molar-refractivity contribution in [3.63, 3.8) is 0 Å². The molecule has 0 heterocycles. The maximum Gasteiger partial charge on any atom is 0.216 e. The van der Waals surface area contributed by atoms with E-state index in [0.717, 1.165) is 0 Å². The highest BCUT2D eigenvalue weighted by molar-refractivity contribution is 5.81. The first-order valence-electron chi connectivity index (χ1n) is 5.46. The van der Waals surface area contributed by atoms with Crippen LogP contribution >= 0.6 is 0 Å². The van der Waals surface area contributed by atoms with Gasteiger partial charge in [0.1, 0.15) is 5.78 Å². The van der Waals surface area contributed by atoms with Gasteiger partial charge in [0.2, 0.25) is 5.91 Å². The van der Waals surface area contributed by atoms with Gasteiger partial charge in [-0.2, -0.15) is 0 Å². The smallest absolute Gasteiger partial charge is 0.216 e. The van der Waals surface area contributed by atoms with Crippen molar-refractivity contribution in [3.8, 4) is 0 Å². The van der Waals surface area contributed by atoms with E-state index < -0.39 is 11.0 Å². The number of hydrogen-bond donors (Lipinski definition) is 1. The molecule has 0 fully saturated rings. The standard InChI is InChI=1S/C12H23NO3/c1-9(14)11(3,4)8-16-12(5,6)7-13-10(2)15/h7-8H2,1-6H3,(H,13,15). The van der Waals surface area contributed by atoms with Crippen molar-refractivity contribution in [2.24, 2.45) is 5.41 Å². The van der Waals surface area contributed by atoms with Gasteiger partial charge in [-0.15, -0.1) is 0 Å². The molecule has 0 aromatic heterocycles. The molecule has 0 atom stereocenters. The molecule has 1 N–H and O–H groups in total. The van der Waals surface area contributed by atoms with Gasteiger partial charge in [-0.1, -0.05) is 13.8 Å². The average Bonchev–Trinajstić information content (AvgIpc) is 2.12. The lowest BCUT2D eigenvalue weighted by atomic mass is 9.90. The molecule has 0 bridgehead atoms. The topological polar surface area (TPSA) is 55.4 Å². The Morgan fingerprint density at radius 3 is 2.00 bits per heavy atom. The van der Waals surface area contributed by atoms with Crippen molar-refractivity contribution >= 4 is 11.7 Å². The fourth-order valence-corrected chi connectivity index (χ4v) is 0.866. The van der Waals surface area contributed by atoms with Crippen molar-refractivity contribution in [1.82, 2.24) is 5.32 Å². The van der Waals surface area contributed by atoms with Crippen LogP contribution in [0.4, 0.5) is 0 Å². The number of Topliss-reactive ketones (excluding diaryl/α,β-unsaturated/α-hetero) is 1. The van der Waals surface area contributed by atoms with Crippen LogP contribution in [-0.2, 0) is 14.3 Å². The summed E-state index contributed by atoms with van der Waals surface area (Å²) < 4.78 is 5.67. The molecule has 0 aliphatic rings. The van der Waals surface area contributed by atoms with E-state index in [1.165, 1.54) is 6.92 Å². The summed E-state index contributed by atoms with van der Waals surface area (Å²) in [5.74, 6) is 0.0188. The zero-order chi connectivity index (χ0) is 13.0. The highest BCUT2D eigenvalue weighted by Crippen LogP contribution is 2.20. The molecule has 16 heavy (non-hydrogen) atoms. The second kappa shape index (κ2) is 5.43. The van der Waals surface area contributed by atoms with Crippen LogP contribution in [0.3, 0.4) is 0 Å². The molecule has 1 amide bonds. The van der Waals surface area contributed by atoms with Crippen LogP contribution in [0, 0.1) is 5.41 Å². The molecule has 4 heteroatoms. The summed E-state index contributed by atoms with van der Waals surface area (Å²) in [6, 6.07) is 0. The molecule has 94 valence electrons. The molecule has 0 aromatic carbocycles. The summed E-state index contributed by atoms with van der Waals surface area (Å²) in [6.07, 6.45) is 0. The van der Waals surface area contributed by atoms with Gasteiger partial charge >= 0.3 is 0 Å². The van der Waals surface area contributed by atoms with E-state index in [1.807, 2.05) is 27.7 Å². The largest absolute Gasteiger partial charge is 0.373 e. The van der Waals surface area contributed by atoms with Crippen molar-refractivity contribution in [3.05, 3.63) is 0 Å². The lowest BCUT2D eigenvalue weighted by Crippen LogP contribution is -2.42. The first-order chi connectivity index (χ1) is 7.07. The predicted molar refractivity (Wildman–Crippen MR) is 63.2 cm³/mol. The number of rotatable bonds is 6. The first kappa shape index (κ1) is 15.1. The van der Waals surface area contributed by atoms with Crippen LogP contribution in [0.5, 0.6) is 0 Å². The number of carbonyl (C=O) groups excluding carboxylic acids is 2. The van der Waals surface area contributed by atoms with Crippen LogP contribution in [0.1, 0.15) is 41.5 Å². The van der Waals surface area contributed by atoms with Gasteiger partial charge in [-0.3, -0.25) is 9.59 Å². The van der Waals surface area contributed by atoms with E-state index in [1.54, 1.807) is 6.92 Å².